The summed E-state index contributed by atoms with van der Waals surface area (Å²) >= 11 is 3.41. The summed E-state index contributed by atoms with van der Waals surface area (Å²) in [6.45, 7) is 0.733. The molecule has 0 aromatic heterocycles. The van der Waals surface area contributed by atoms with Gasteiger partial charge in [-0.15, -0.1) is 0 Å². The van der Waals surface area contributed by atoms with Crippen LogP contribution in [0, 0.1) is 0 Å². The summed E-state index contributed by atoms with van der Waals surface area (Å²) in [5.41, 5.74) is 1.97. The third-order valence-corrected chi connectivity index (χ3v) is 3.44. The lowest BCUT2D eigenvalue weighted by Crippen LogP contribution is -2.02. The predicted molar refractivity (Wildman–Crippen MR) is 82.6 cm³/mol. The van der Waals surface area contributed by atoms with Crippen LogP contribution >= 0.6 is 15.9 Å². The molecule has 0 fully saturated rings. The lowest BCUT2D eigenvalue weighted by atomic mass is 10.1. The number of carbonyl (C=O) groups is 1. The molecule has 0 aliphatic heterocycles. The quantitative estimate of drug-likeness (QED) is 0.858. The maximum atomic E-state index is 11.0. The van der Waals surface area contributed by atoms with E-state index < -0.39 is 5.97 Å². The van der Waals surface area contributed by atoms with Crippen LogP contribution in [0.3, 0.4) is 0 Å². The van der Waals surface area contributed by atoms with Crippen LogP contribution in [0.5, 0.6) is 5.75 Å². The molecule has 5 heteroatoms. The highest BCUT2D eigenvalue weighted by Gasteiger charge is 2.09. The van der Waals surface area contributed by atoms with Crippen molar-refractivity contribution in [1.29, 1.82) is 0 Å². The molecule has 0 atom stereocenters. The number of carboxylic acids is 1. The maximum absolute atomic E-state index is 11.0. The number of rotatable bonds is 6. The third-order valence-electron chi connectivity index (χ3n) is 2.94. The molecule has 4 nitrogen and oxygen atoms in total. The van der Waals surface area contributed by atoms with Crippen molar-refractivity contribution in [3.05, 3.63) is 63.6 Å². The minimum Gasteiger partial charge on any atom is -0.496 e. The molecule has 2 aromatic carbocycles. The number of halogens is 1. The lowest BCUT2D eigenvalue weighted by Gasteiger charge is -2.10. The van der Waals surface area contributed by atoms with E-state index in [2.05, 4.69) is 15.9 Å². The van der Waals surface area contributed by atoms with Gasteiger partial charge in [0.05, 0.1) is 25.9 Å². The largest absolute Gasteiger partial charge is 0.496 e. The fraction of sp³-hybridized carbons (Fsp3) is 0.188. The van der Waals surface area contributed by atoms with E-state index in [9.17, 15) is 4.79 Å². The van der Waals surface area contributed by atoms with Gasteiger partial charge in [-0.3, -0.25) is 0 Å². The van der Waals surface area contributed by atoms with Crippen LogP contribution in [0.2, 0.25) is 0 Å². The van der Waals surface area contributed by atoms with Crippen LogP contribution in [0.25, 0.3) is 0 Å². The first-order chi connectivity index (χ1) is 10.1. The second kappa shape index (κ2) is 7.24. The first-order valence-electron chi connectivity index (χ1n) is 6.32. The summed E-state index contributed by atoms with van der Waals surface area (Å²) in [5, 5.41) is 9.02. The number of carboxylic acid groups (broad SMARTS) is 1. The Morgan fingerprint density at radius 2 is 2.00 bits per heavy atom. The highest BCUT2D eigenvalue weighted by molar-refractivity contribution is 9.10. The van der Waals surface area contributed by atoms with Crippen LogP contribution < -0.4 is 4.74 Å². The standard InChI is InChI=1S/C16H15BrO4/c1-20-15-6-5-12(16(18)19)8-13(15)10-21-9-11-3-2-4-14(17)7-11/h2-8H,9-10H2,1H3,(H,18,19). The zero-order valence-corrected chi connectivity index (χ0v) is 13.1. The number of hydrogen-bond donors (Lipinski definition) is 1. The monoisotopic (exact) mass is 350 g/mol. The Hall–Kier alpha value is -1.85. The molecule has 0 heterocycles. The highest BCUT2D eigenvalue weighted by Crippen LogP contribution is 2.21. The van der Waals surface area contributed by atoms with Crippen LogP contribution in [-0.2, 0) is 18.0 Å². The second-order valence-corrected chi connectivity index (χ2v) is 5.37. The van der Waals surface area contributed by atoms with Gasteiger partial charge in [0.15, 0.2) is 0 Å². The Labute approximate surface area is 131 Å². The van der Waals surface area contributed by atoms with Crippen molar-refractivity contribution in [3.8, 4) is 5.75 Å². The minimum absolute atomic E-state index is 0.219. The van der Waals surface area contributed by atoms with Gasteiger partial charge in [0, 0.05) is 10.0 Å². The average Bonchev–Trinajstić information content (AvgIpc) is 2.47. The first kappa shape index (κ1) is 15.5. The molecule has 0 unspecified atom stereocenters. The molecular weight excluding hydrogens is 336 g/mol. The van der Waals surface area contributed by atoms with Gasteiger partial charge in [-0.2, -0.15) is 0 Å². The third kappa shape index (κ3) is 4.31. The van der Waals surface area contributed by atoms with E-state index in [0.717, 1.165) is 10.0 Å². The van der Waals surface area contributed by atoms with Gasteiger partial charge in [-0.1, -0.05) is 28.1 Å². The molecule has 0 radical (unpaired) electrons. The molecule has 0 saturated heterocycles. The van der Waals surface area contributed by atoms with Crippen LogP contribution in [0.4, 0.5) is 0 Å². The summed E-state index contributed by atoms with van der Waals surface area (Å²) < 4.78 is 11.9. The molecular formula is C16H15BrO4. The zero-order valence-electron chi connectivity index (χ0n) is 11.5. The molecule has 0 aliphatic rings. The molecule has 2 aromatic rings. The van der Waals surface area contributed by atoms with Gasteiger partial charge >= 0.3 is 5.97 Å². The fourth-order valence-electron chi connectivity index (χ4n) is 1.93. The van der Waals surface area contributed by atoms with Crippen molar-refractivity contribution in [3.63, 3.8) is 0 Å². The highest BCUT2D eigenvalue weighted by atomic mass is 79.9. The Balaban J connectivity index is 2.05. The van der Waals surface area contributed by atoms with Gasteiger partial charge in [0.1, 0.15) is 5.75 Å². The number of hydrogen-bond acceptors (Lipinski definition) is 3. The van der Waals surface area contributed by atoms with Crippen LogP contribution in [0.1, 0.15) is 21.5 Å². The number of benzene rings is 2. The van der Waals surface area contributed by atoms with Gasteiger partial charge in [-0.05, 0) is 35.9 Å². The van der Waals surface area contributed by atoms with E-state index in [1.165, 1.54) is 6.07 Å². The summed E-state index contributed by atoms with van der Waals surface area (Å²) in [6, 6.07) is 12.6. The van der Waals surface area contributed by atoms with E-state index in [0.29, 0.717) is 17.9 Å². The molecule has 0 bridgehead atoms. The molecule has 2 rings (SSSR count). The molecule has 0 saturated carbocycles. The summed E-state index contributed by atoms with van der Waals surface area (Å²) in [6.07, 6.45) is 0. The van der Waals surface area contributed by atoms with Crippen molar-refractivity contribution < 1.29 is 19.4 Å². The van der Waals surface area contributed by atoms with Crippen molar-refractivity contribution in [2.75, 3.05) is 7.11 Å². The normalized spacial score (nSPS) is 10.4. The van der Waals surface area contributed by atoms with Crippen molar-refractivity contribution in [1.82, 2.24) is 0 Å². The van der Waals surface area contributed by atoms with Crippen molar-refractivity contribution >= 4 is 21.9 Å². The Kier molecular flexibility index (Phi) is 5.36. The molecule has 110 valence electrons. The Morgan fingerprint density at radius 3 is 2.67 bits per heavy atom. The SMILES string of the molecule is COc1ccc(C(=O)O)cc1COCc1cccc(Br)c1. The van der Waals surface area contributed by atoms with E-state index in [-0.39, 0.29) is 12.2 Å². The molecule has 1 N–H and O–H groups in total. The molecule has 0 amide bonds. The van der Waals surface area contributed by atoms with E-state index in [1.807, 2.05) is 24.3 Å². The maximum Gasteiger partial charge on any atom is 0.335 e. The second-order valence-electron chi connectivity index (χ2n) is 4.45. The Bertz CT molecular complexity index is 640. The van der Waals surface area contributed by atoms with Gasteiger partial charge in [0.2, 0.25) is 0 Å². The summed E-state index contributed by atoms with van der Waals surface area (Å²) in [7, 11) is 1.55. The van der Waals surface area contributed by atoms with Crippen LogP contribution in [0.15, 0.2) is 46.9 Å². The van der Waals surface area contributed by atoms with E-state index in [1.54, 1.807) is 19.2 Å². The van der Waals surface area contributed by atoms with E-state index >= 15 is 0 Å². The topological polar surface area (TPSA) is 55.8 Å². The molecule has 21 heavy (non-hydrogen) atoms. The zero-order chi connectivity index (χ0) is 15.2. The van der Waals surface area contributed by atoms with Crippen molar-refractivity contribution in [2.24, 2.45) is 0 Å². The van der Waals surface area contributed by atoms with Crippen molar-refractivity contribution in [2.45, 2.75) is 13.2 Å². The average molecular weight is 351 g/mol. The van der Waals surface area contributed by atoms with Gasteiger partial charge < -0.3 is 14.6 Å². The smallest absolute Gasteiger partial charge is 0.335 e. The van der Waals surface area contributed by atoms with Gasteiger partial charge in [-0.25, -0.2) is 4.79 Å². The summed E-state index contributed by atoms with van der Waals surface area (Å²) in [5.74, 6) is -0.347. The number of methoxy groups -OCH3 is 1. The number of aromatic carboxylic acids is 1. The predicted octanol–water partition coefficient (Wildman–Crippen LogP) is 3.87. The van der Waals surface area contributed by atoms with Crippen LogP contribution in [-0.4, -0.2) is 18.2 Å². The number of ether oxygens (including phenoxy) is 2. The lowest BCUT2D eigenvalue weighted by molar-refractivity contribution is 0.0696. The first-order valence-corrected chi connectivity index (χ1v) is 7.12. The minimum atomic E-state index is -0.967. The fourth-order valence-corrected chi connectivity index (χ4v) is 2.38. The molecule has 0 spiro atoms. The van der Waals surface area contributed by atoms with E-state index in [4.69, 9.17) is 14.6 Å². The Morgan fingerprint density at radius 1 is 1.19 bits per heavy atom. The van der Waals surface area contributed by atoms with Gasteiger partial charge in [0.25, 0.3) is 0 Å². The summed E-state index contributed by atoms with van der Waals surface area (Å²) in [4.78, 5) is 11.0. The molecule has 0 aliphatic carbocycles.